The number of amides is 2. The van der Waals surface area contributed by atoms with Gasteiger partial charge < -0.3 is 15.6 Å². The molecule has 3 N–H and O–H groups in total. The molecule has 0 spiro atoms. The third-order valence-electron chi connectivity index (χ3n) is 4.09. The Kier molecular flexibility index (Phi) is 5.04. The van der Waals surface area contributed by atoms with Crippen LogP contribution in [0.3, 0.4) is 0 Å². The smallest absolute Gasteiger partial charge is 0.414 e. The summed E-state index contributed by atoms with van der Waals surface area (Å²) in [6.45, 7) is 0.404. The number of rotatable bonds is 5. The molecule has 0 radical (unpaired) electrons. The van der Waals surface area contributed by atoms with E-state index in [9.17, 15) is 19.1 Å². The van der Waals surface area contributed by atoms with Crippen molar-refractivity contribution in [1.82, 2.24) is 0 Å². The van der Waals surface area contributed by atoms with E-state index in [-0.39, 0.29) is 31.0 Å². The Morgan fingerprint density at radius 2 is 2.04 bits per heavy atom. The summed E-state index contributed by atoms with van der Waals surface area (Å²) in [5.74, 6) is -0.746. The molecule has 8 heteroatoms. The van der Waals surface area contributed by atoms with Crippen molar-refractivity contribution in [3.05, 3.63) is 59.9 Å². The Bertz CT molecular complexity index is 815. The molecule has 1 saturated heterocycles. The van der Waals surface area contributed by atoms with E-state index in [1.54, 1.807) is 24.3 Å². The van der Waals surface area contributed by atoms with Gasteiger partial charge in [0, 0.05) is 6.54 Å². The molecular weight excluding hydrogens is 341 g/mol. The summed E-state index contributed by atoms with van der Waals surface area (Å²) in [7, 11) is 0. The number of carboxylic acid groups (broad SMARTS) is 1. The van der Waals surface area contributed by atoms with Crippen molar-refractivity contribution >= 4 is 23.6 Å². The molecule has 136 valence electrons. The quantitative estimate of drug-likeness (QED) is 0.856. The fourth-order valence-corrected chi connectivity index (χ4v) is 2.76. The monoisotopic (exact) mass is 359 g/mol. The lowest BCUT2D eigenvalue weighted by atomic mass is 10.2. The summed E-state index contributed by atoms with van der Waals surface area (Å²) in [6, 6.07) is 12.8. The number of carbonyl (C=O) groups excluding carboxylic acids is 1. The summed E-state index contributed by atoms with van der Waals surface area (Å²) in [5.41, 5.74) is 6.42. The first-order chi connectivity index (χ1) is 12.5. The van der Waals surface area contributed by atoms with Gasteiger partial charge in [0.1, 0.15) is 11.9 Å². The first-order valence-electron chi connectivity index (χ1n) is 8.01. The lowest BCUT2D eigenvalue weighted by molar-refractivity contribution is 0.145. The van der Waals surface area contributed by atoms with Crippen LogP contribution in [0, 0.1) is 5.82 Å². The number of carbonyl (C=O) groups is 2. The Morgan fingerprint density at radius 3 is 2.62 bits per heavy atom. The molecule has 26 heavy (non-hydrogen) atoms. The van der Waals surface area contributed by atoms with E-state index in [4.69, 9.17) is 10.5 Å². The van der Waals surface area contributed by atoms with E-state index < -0.39 is 24.1 Å². The minimum absolute atomic E-state index is 0.00738. The Morgan fingerprint density at radius 1 is 1.31 bits per heavy atom. The van der Waals surface area contributed by atoms with Crippen LogP contribution in [0.15, 0.2) is 48.5 Å². The fourth-order valence-electron chi connectivity index (χ4n) is 2.76. The summed E-state index contributed by atoms with van der Waals surface area (Å²) in [6.07, 6.45) is -2.32. The molecule has 2 amide bonds. The molecule has 1 fully saturated rings. The van der Waals surface area contributed by atoms with Crippen LogP contribution >= 0.6 is 0 Å². The van der Waals surface area contributed by atoms with Crippen molar-refractivity contribution in [1.29, 1.82) is 0 Å². The highest BCUT2D eigenvalue weighted by Crippen LogP contribution is 2.28. The molecule has 0 unspecified atom stereocenters. The number of anilines is 2. The van der Waals surface area contributed by atoms with Crippen LogP contribution < -0.4 is 15.5 Å². The average molecular weight is 359 g/mol. The third-order valence-corrected chi connectivity index (χ3v) is 4.09. The largest absolute Gasteiger partial charge is 0.465 e. The predicted molar refractivity (Wildman–Crippen MR) is 93.7 cm³/mol. The molecule has 1 atom stereocenters. The molecule has 0 aromatic heterocycles. The number of halogens is 1. The summed E-state index contributed by atoms with van der Waals surface area (Å²) < 4.78 is 19.7. The molecule has 1 heterocycles. The predicted octanol–water partition coefficient (Wildman–Crippen LogP) is 2.79. The number of nitrogens with zero attached hydrogens (tertiary/aromatic N) is 2. The second-order valence-electron chi connectivity index (χ2n) is 5.84. The van der Waals surface area contributed by atoms with Gasteiger partial charge in [-0.05, 0) is 23.8 Å². The molecule has 1 aliphatic rings. The van der Waals surface area contributed by atoms with Gasteiger partial charge in [0.2, 0.25) is 0 Å². The van der Waals surface area contributed by atoms with Crippen molar-refractivity contribution < 1.29 is 23.8 Å². The lowest BCUT2D eigenvalue weighted by Crippen LogP contribution is -2.30. The van der Waals surface area contributed by atoms with E-state index in [1.165, 1.54) is 17.0 Å². The topological polar surface area (TPSA) is 96.1 Å². The third kappa shape index (κ3) is 3.60. The second-order valence-corrected chi connectivity index (χ2v) is 5.84. The average Bonchev–Trinajstić information content (AvgIpc) is 3.01. The minimum Gasteiger partial charge on any atom is -0.465 e. The normalized spacial score (nSPS) is 16.5. The number of benzene rings is 2. The van der Waals surface area contributed by atoms with Gasteiger partial charge in [-0.15, -0.1) is 0 Å². The maximum Gasteiger partial charge on any atom is 0.414 e. The van der Waals surface area contributed by atoms with Crippen LogP contribution in [-0.4, -0.2) is 36.5 Å². The zero-order valence-electron chi connectivity index (χ0n) is 13.8. The molecule has 2 aromatic carbocycles. The highest BCUT2D eigenvalue weighted by molar-refractivity contribution is 5.91. The summed E-state index contributed by atoms with van der Waals surface area (Å²) in [4.78, 5) is 25.6. The SMILES string of the molecule is NC[C@H]1CN(c2ccc(N(Cc3ccccc3)C(=O)O)c(F)c2)C(=O)O1. The maximum absolute atomic E-state index is 14.6. The second kappa shape index (κ2) is 7.40. The van der Waals surface area contributed by atoms with E-state index >= 15 is 0 Å². The van der Waals surface area contributed by atoms with Crippen molar-refractivity contribution in [2.45, 2.75) is 12.6 Å². The Labute approximate surface area is 149 Å². The van der Waals surface area contributed by atoms with Gasteiger partial charge in [-0.1, -0.05) is 30.3 Å². The first kappa shape index (κ1) is 17.7. The van der Waals surface area contributed by atoms with Gasteiger partial charge >= 0.3 is 12.2 Å². The van der Waals surface area contributed by atoms with Gasteiger partial charge in [0.25, 0.3) is 0 Å². The van der Waals surface area contributed by atoms with E-state index in [2.05, 4.69) is 0 Å². The number of hydrogen-bond donors (Lipinski definition) is 2. The van der Waals surface area contributed by atoms with Gasteiger partial charge in [0.05, 0.1) is 24.5 Å². The summed E-state index contributed by atoms with van der Waals surface area (Å²) >= 11 is 0. The number of hydrogen-bond acceptors (Lipinski definition) is 4. The molecular formula is C18H18FN3O4. The molecule has 1 aliphatic heterocycles. The maximum atomic E-state index is 14.6. The Balaban J connectivity index is 1.85. The number of ether oxygens (including phenoxy) is 1. The molecule has 2 aromatic rings. The zero-order valence-corrected chi connectivity index (χ0v) is 13.8. The van der Waals surface area contributed by atoms with Gasteiger partial charge in [-0.3, -0.25) is 9.80 Å². The van der Waals surface area contributed by atoms with Crippen LogP contribution in [0.25, 0.3) is 0 Å². The van der Waals surface area contributed by atoms with E-state index in [1.807, 2.05) is 6.07 Å². The van der Waals surface area contributed by atoms with Crippen LogP contribution in [0.2, 0.25) is 0 Å². The van der Waals surface area contributed by atoms with Crippen LogP contribution in [-0.2, 0) is 11.3 Å². The van der Waals surface area contributed by atoms with Crippen LogP contribution in [0.5, 0.6) is 0 Å². The zero-order chi connectivity index (χ0) is 18.7. The highest BCUT2D eigenvalue weighted by atomic mass is 19.1. The van der Waals surface area contributed by atoms with Gasteiger partial charge in [-0.2, -0.15) is 0 Å². The van der Waals surface area contributed by atoms with Crippen LogP contribution in [0.1, 0.15) is 5.56 Å². The fraction of sp³-hybridized carbons (Fsp3) is 0.222. The van der Waals surface area contributed by atoms with E-state index in [0.717, 1.165) is 16.5 Å². The number of nitrogens with two attached hydrogens (primary N) is 1. The van der Waals surface area contributed by atoms with Gasteiger partial charge in [-0.25, -0.2) is 14.0 Å². The van der Waals surface area contributed by atoms with Crippen LogP contribution in [0.4, 0.5) is 25.4 Å². The molecule has 0 aliphatic carbocycles. The summed E-state index contributed by atoms with van der Waals surface area (Å²) in [5, 5.41) is 9.46. The highest BCUT2D eigenvalue weighted by Gasteiger charge is 2.32. The molecule has 7 nitrogen and oxygen atoms in total. The minimum atomic E-state index is -1.27. The van der Waals surface area contributed by atoms with Gasteiger partial charge in [0.15, 0.2) is 0 Å². The standard InChI is InChI=1S/C18H18FN3O4/c19-15-8-13(21-11-14(9-20)26-18(21)25)6-7-16(15)22(17(23)24)10-12-4-2-1-3-5-12/h1-8,14H,9-11,20H2,(H,23,24)/t14-/m0/s1. The number of cyclic esters (lactones) is 1. The van der Waals surface area contributed by atoms with E-state index in [0.29, 0.717) is 0 Å². The molecule has 0 saturated carbocycles. The molecule has 3 rings (SSSR count). The van der Waals surface area contributed by atoms with Crippen molar-refractivity contribution in [2.24, 2.45) is 5.73 Å². The lowest BCUT2D eigenvalue weighted by Gasteiger charge is -2.21. The first-order valence-corrected chi connectivity index (χ1v) is 8.01. The van der Waals surface area contributed by atoms with Crippen molar-refractivity contribution in [3.8, 4) is 0 Å². The Hall–Kier alpha value is -3.13. The van der Waals surface area contributed by atoms with Crippen molar-refractivity contribution in [3.63, 3.8) is 0 Å². The van der Waals surface area contributed by atoms with Crippen molar-refractivity contribution in [2.75, 3.05) is 22.9 Å². The molecule has 0 bridgehead atoms.